The molecule has 1 aromatic rings. The van der Waals surface area contributed by atoms with Gasteiger partial charge in [-0.15, -0.1) is 0 Å². The normalized spacial score (nSPS) is 11.8. The zero-order chi connectivity index (χ0) is 16.0. The van der Waals surface area contributed by atoms with Gasteiger partial charge in [-0.05, 0) is 24.6 Å². The number of aliphatic hydroxyl groups excluding tert-OH is 1. The van der Waals surface area contributed by atoms with Gasteiger partial charge in [-0.1, -0.05) is 6.07 Å². The van der Waals surface area contributed by atoms with Crippen LogP contribution >= 0.6 is 0 Å². The maximum Gasteiger partial charge on any atom is 0.401 e. The molecule has 0 aromatic heterocycles. The lowest BCUT2D eigenvalue weighted by atomic mass is 10.1. The Morgan fingerprint density at radius 2 is 2.05 bits per heavy atom. The van der Waals surface area contributed by atoms with Crippen molar-refractivity contribution in [2.75, 3.05) is 33.4 Å². The highest BCUT2D eigenvalue weighted by atomic mass is 19.4. The summed E-state index contributed by atoms with van der Waals surface area (Å²) in [6, 6.07) is 4.87. The van der Waals surface area contributed by atoms with Crippen LogP contribution in [0.25, 0.3) is 0 Å². The average molecular weight is 305 g/mol. The molecular formula is C14H18F3NO3. The van der Waals surface area contributed by atoms with Crippen LogP contribution in [0.15, 0.2) is 18.2 Å². The van der Waals surface area contributed by atoms with Crippen LogP contribution in [0, 0.1) is 6.92 Å². The summed E-state index contributed by atoms with van der Waals surface area (Å²) in [6.07, 6.45) is -4.42. The first-order valence-electron chi connectivity index (χ1n) is 6.34. The number of Topliss-reactive ketones (excluding diaryl/α,β-unsaturated/α-hetero) is 1. The van der Waals surface area contributed by atoms with E-state index in [2.05, 4.69) is 0 Å². The molecule has 7 heteroatoms. The number of aliphatic hydroxyl groups is 1. The summed E-state index contributed by atoms with van der Waals surface area (Å²) in [7, 11) is 1.40. The fraction of sp³-hybridized carbons (Fsp3) is 0.500. The number of ether oxygens (including phenoxy) is 1. The quantitative estimate of drug-likeness (QED) is 0.783. The standard InChI is InChI=1S/C14H18F3NO3/c1-10-3-4-11(13(7-10)21-2)12(20)8-18(5-6-19)9-14(15,16)17/h3-4,7,19H,5-6,8-9H2,1-2H3. The van der Waals surface area contributed by atoms with Gasteiger partial charge < -0.3 is 9.84 Å². The molecule has 0 bridgehead atoms. The first-order chi connectivity index (χ1) is 9.76. The lowest BCUT2D eigenvalue weighted by Gasteiger charge is -2.22. The maximum atomic E-state index is 12.4. The number of rotatable bonds is 7. The van der Waals surface area contributed by atoms with E-state index in [1.54, 1.807) is 12.1 Å². The Bertz CT molecular complexity index is 489. The predicted octanol–water partition coefficient (Wildman–Crippen LogP) is 2.04. The Hall–Kier alpha value is -1.60. The van der Waals surface area contributed by atoms with Gasteiger partial charge in [0, 0.05) is 6.54 Å². The summed E-state index contributed by atoms with van der Waals surface area (Å²) in [4.78, 5) is 13.0. The monoisotopic (exact) mass is 305 g/mol. The first-order valence-corrected chi connectivity index (χ1v) is 6.34. The van der Waals surface area contributed by atoms with Crippen LogP contribution < -0.4 is 4.74 Å². The second-order valence-electron chi connectivity index (χ2n) is 4.68. The van der Waals surface area contributed by atoms with Crippen molar-refractivity contribution in [1.82, 2.24) is 4.90 Å². The lowest BCUT2D eigenvalue weighted by molar-refractivity contribution is -0.145. The summed E-state index contributed by atoms with van der Waals surface area (Å²) >= 11 is 0. The van der Waals surface area contributed by atoms with E-state index in [9.17, 15) is 18.0 Å². The summed E-state index contributed by atoms with van der Waals surface area (Å²) in [5.41, 5.74) is 1.11. The molecule has 0 saturated heterocycles. The van der Waals surface area contributed by atoms with Crippen molar-refractivity contribution in [2.24, 2.45) is 0 Å². The molecule has 0 fully saturated rings. The van der Waals surface area contributed by atoms with Crippen LogP contribution in [0.1, 0.15) is 15.9 Å². The summed E-state index contributed by atoms with van der Waals surface area (Å²) in [5.74, 6) is -0.152. The van der Waals surface area contributed by atoms with E-state index in [1.807, 2.05) is 6.92 Å². The fourth-order valence-electron chi connectivity index (χ4n) is 1.93. The smallest absolute Gasteiger partial charge is 0.401 e. The molecule has 0 aliphatic carbocycles. The van der Waals surface area contributed by atoms with E-state index in [0.29, 0.717) is 5.75 Å². The molecule has 21 heavy (non-hydrogen) atoms. The van der Waals surface area contributed by atoms with Crippen LogP contribution in [-0.2, 0) is 0 Å². The first kappa shape index (κ1) is 17.5. The zero-order valence-electron chi connectivity index (χ0n) is 11.9. The van der Waals surface area contributed by atoms with Gasteiger partial charge in [-0.25, -0.2) is 0 Å². The minimum Gasteiger partial charge on any atom is -0.496 e. The maximum absolute atomic E-state index is 12.4. The molecule has 0 aliphatic heterocycles. The largest absolute Gasteiger partial charge is 0.496 e. The number of alkyl halides is 3. The number of benzene rings is 1. The Labute approximate surface area is 121 Å². The van der Waals surface area contributed by atoms with Crippen LogP contribution in [0.5, 0.6) is 5.75 Å². The Balaban J connectivity index is 2.86. The van der Waals surface area contributed by atoms with Crippen molar-refractivity contribution in [3.05, 3.63) is 29.3 Å². The van der Waals surface area contributed by atoms with Gasteiger partial charge >= 0.3 is 6.18 Å². The van der Waals surface area contributed by atoms with E-state index < -0.39 is 31.7 Å². The van der Waals surface area contributed by atoms with Gasteiger partial charge in [-0.3, -0.25) is 9.69 Å². The second kappa shape index (κ2) is 7.42. The Morgan fingerprint density at radius 3 is 2.57 bits per heavy atom. The third-order valence-corrected chi connectivity index (χ3v) is 2.84. The molecule has 118 valence electrons. The van der Waals surface area contributed by atoms with Crippen molar-refractivity contribution in [2.45, 2.75) is 13.1 Å². The van der Waals surface area contributed by atoms with Crippen molar-refractivity contribution in [1.29, 1.82) is 0 Å². The van der Waals surface area contributed by atoms with Crippen LogP contribution in [0.2, 0.25) is 0 Å². The van der Waals surface area contributed by atoms with E-state index >= 15 is 0 Å². The molecule has 0 spiro atoms. The van der Waals surface area contributed by atoms with Gasteiger partial charge in [-0.2, -0.15) is 13.2 Å². The molecule has 0 amide bonds. The zero-order valence-corrected chi connectivity index (χ0v) is 11.9. The van der Waals surface area contributed by atoms with E-state index in [-0.39, 0.29) is 12.1 Å². The SMILES string of the molecule is COc1cc(C)ccc1C(=O)CN(CCO)CC(F)(F)F. The molecule has 1 N–H and O–H groups in total. The summed E-state index contributed by atoms with van der Waals surface area (Å²) < 4.78 is 42.3. The van der Waals surface area contributed by atoms with Crippen molar-refractivity contribution < 1.29 is 27.8 Å². The molecule has 1 rings (SSSR count). The molecule has 1 aromatic carbocycles. The number of hydrogen-bond acceptors (Lipinski definition) is 4. The number of carbonyl (C=O) groups is 1. The second-order valence-corrected chi connectivity index (χ2v) is 4.68. The molecule has 0 atom stereocenters. The number of nitrogens with zero attached hydrogens (tertiary/aromatic N) is 1. The minimum absolute atomic E-state index is 0.223. The Kier molecular flexibility index (Phi) is 6.17. The molecular weight excluding hydrogens is 287 g/mol. The molecule has 0 heterocycles. The minimum atomic E-state index is -4.42. The number of ketones is 1. The molecule has 0 aliphatic rings. The van der Waals surface area contributed by atoms with Crippen molar-refractivity contribution in [3.63, 3.8) is 0 Å². The van der Waals surface area contributed by atoms with Gasteiger partial charge in [0.2, 0.25) is 0 Å². The van der Waals surface area contributed by atoms with Crippen molar-refractivity contribution >= 4 is 5.78 Å². The van der Waals surface area contributed by atoms with Crippen LogP contribution in [0.3, 0.4) is 0 Å². The molecule has 0 unspecified atom stereocenters. The highest BCUT2D eigenvalue weighted by Gasteiger charge is 2.31. The number of halogens is 3. The van der Waals surface area contributed by atoms with Gasteiger partial charge in [0.25, 0.3) is 0 Å². The van der Waals surface area contributed by atoms with E-state index in [1.165, 1.54) is 13.2 Å². The van der Waals surface area contributed by atoms with Crippen LogP contribution in [-0.4, -0.2) is 55.3 Å². The van der Waals surface area contributed by atoms with E-state index in [0.717, 1.165) is 10.5 Å². The van der Waals surface area contributed by atoms with Gasteiger partial charge in [0.05, 0.1) is 32.4 Å². The molecule has 0 saturated carbocycles. The number of carbonyl (C=O) groups excluding carboxylic acids is 1. The number of methoxy groups -OCH3 is 1. The number of hydrogen-bond donors (Lipinski definition) is 1. The summed E-state index contributed by atoms with van der Waals surface area (Å²) in [6.45, 7) is -0.528. The van der Waals surface area contributed by atoms with E-state index in [4.69, 9.17) is 9.84 Å². The fourth-order valence-corrected chi connectivity index (χ4v) is 1.93. The number of aryl methyl sites for hydroxylation is 1. The third kappa shape index (κ3) is 5.73. The van der Waals surface area contributed by atoms with Crippen molar-refractivity contribution in [3.8, 4) is 5.75 Å². The highest BCUT2D eigenvalue weighted by molar-refractivity contribution is 6.00. The van der Waals surface area contributed by atoms with Gasteiger partial charge in [0.15, 0.2) is 5.78 Å². The Morgan fingerprint density at radius 1 is 1.38 bits per heavy atom. The lowest BCUT2D eigenvalue weighted by Crippen LogP contribution is -2.39. The third-order valence-electron chi connectivity index (χ3n) is 2.84. The highest BCUT2D eigenvalue weighted by Crippen LogP contribution is 2.22. The molecule has 0 radical (unpaired) electrons. The van der Waals surface area contributed by atoms with Gasteiger partial charge in [0.1, 0.15) is 5.75 Å². The summed E-state index contributed by atoms with van der Waals surface area (Å²) in [5, 5.41) is 8.81. The predicted molar refractivity (Wildman–Crippen MR) is 71.6 cm³/mol. The molecule has 4 nitrogen and oxygen atoms in total. The van der Waals surface area contributed by atoms with Crippen LogP contribution in [0.4, 0.5) is 13.2 Å². The topological polar surface area (TPSA) is 49.8 Å². The average Bonchev–Trinajstić information content (AvgIpc) is 2.36.